The van der Waals surface area contributed by atoms with Gasteiger partial charge in [0.05, 0.1) is 11.5 Å². The summed E-state index contributed by atoms with van der Waals surface area (Å²) in [7, 11) is 0. The van der Waals surface area contributed by atoms with Crippen LogP contribution >= 0.6 is 0 Å². The van der Waals surface area contributed by atoms with E-state index in [1.807, 2.05) is 12.4 Å². The van der Waals surface area contributed by atoms with Gasteiger partial charge in [0.2, 0.25) is 0 Å². The highest BCUT2D eigenvalue weighted by molar-refractivity contribution is 5.55. The zero-order valence-electron chi connectivity index (χ0n) is 21.9. The van der Waals surface area contributed by atoms with Gasteiger partial charge in [-0.1, -0.05) is 90.0 Å². The fourth-order valence-corrected chi connectivity index (χ4v) is 5.50. The highest BCUT2D eigenvalue weighted by Crippen LogP contribution is 2.46. The first-order valence-corrected chi connectivity index (χ1v) is 13.9. The number of hydrogen-bond donors (Lipinski definition) is 0. The van der Waals surface area contributed by atoms with E-state index in [2.05, 4.69) is 61.1 Å². The van der Waals surface area contributed by atoms with Gasteiger partial charge in [-0.25, -0.2) is 9.97 Å². The van der Waals surface area contributed by atoms with Crippen molar-refractivity contribution in [1.82, 2.24) is 9.97 Å². The SMILES string of the molecule is CCCCCCCCCc1cnc(-c2ccc([C@H]3CC[C@@](C#N)(C[C@H](C)CC)CC3)cc2)nc1. The standard InChI is InChI=1S/C31H45N3/c1-4-6-7-8-9-10-11-12-26-22-33-30(34-23-26)29-15-13-27(14-16-29)28-17-19-31(24-32,20-18-28)21-25(3)5-2/h13-16,22-23,25,28H,4-12,17-21H2,1-3H3/t25-,28-,31-/m1/s1. The minimum atomic E-state index is -0.101. The molecule has 1 saturated carbocycles. The van der Waals surface area contributed by atoms with Gasteiger partial charge in [0.1, 0.15) is 0 Å². The van der Waals surface area contributed by atoms with Crippen LogP contribution in [-0.2, 0) is 6.42 Å². The summed E-state index contributed by atoms with van der Waals surface area (Å²) < 4.78 is 0. The van der Waals surface area contributed by atoms with Gasteiger partial charge < -0.3 is 0 Å². The molecule has 0 spiro atoms. The summed E-state index contributed by atoms with van der Waals surface area (Å²) in [6.45, 7) is 6.79. The molecule has 2 aromatic rings. The van der Waals surface area contributed by atoms with E-state index in [1.54, 1.807) is 0 Å². The molecule has 3 rings (SSSR count). The van der Waals surface area contributed by atoms with Crippen LogP contribution in [0.25, 0.3) is 11.4 Å². The Bertz CT molecular complexity index is 870. The van der Waals surface area contributed by atoms with Crippen LogP contribution in [0.3, 0.4) is 0 Å². The van der Waals surface area contributed by atoms with E-state index in [1.165, 1.54) is 56.1 Å². The van der Waals surface area contributed by atoms with Crippen LogP contribution in [0.15, 0.2) is 36.7 Å². The molecule has 3 heteroatoms. The normalized spacial score (nSPS) is 21.2. The molecule has 34 heavy (non-hydrogen) atoms. The molecule has 3 nitrogen and oxygen atoms in total. The first-order chi connectivity index (χ1) is 16.6. The second-order valence-electron chi connectivity index (χ2n) is 10.8. The molecule has 1 aromatic carbocycles. The van der Waals surface area contributed by atoms with Crippen LogP contribution in [0.4, 0.5) is 0 Å². The van der Waals surface area contributed by atoms with E-state index >= 15 is 0 Å². The van der Waals surface area contributed by atoms with Gasteiger partial charge in [-0.3, -0.25) is 0 Å². The van der Waals surface area contributed by atoms with Crippen LogP contribution in [0.5, 0.6) is 0 Å². The molecular weight excluding hydrogens is 414 g/mol. The van der Waals surface area contributed by atoms with Crippen molar-refractivity contribution < 1.29 is 0 Å². The van der Waals surface area contributed by atoms with Crippen molar-refractivity contribution in [2.75, 3.05) is 0 Å². The molecular formula is C31H45N3. The Hall–Kier alpha value is -2.21. The maximum atomic E-state index is 9.86. The molecule has 0 N–H and O–H groups in total. The summed E-state index contributed by atoms with van der Waals surface area (Å²) >= 11 is 0. The van der Waals surface area contributed by atoms with Crippen molar-refractivity contribution in [1.29, 1.82) is 5.26 Å². The predicted molar refractivity (Wildman–Crippen MR) is 142 cm³/mol. The van der Waals surface area contributed by atoms with Crippen LogP contribution in [0.2, 0.25) is 0 Å². The molecule has 1 atom stereocenters. The smallest absolute Gasteiger partial charge is 0.159 e. The topological polar surface area (TPSA) is 49.6 Å². The zero-order valence-corrected chi connectivity index (χ0v) is 21.9. The maximum absolute atomic E-state index is 9.86. The Kier molecular flexibility index (Phi) is 10.6. The molecule has 0 radical (unpaired) electrons. The van der Waals surface area contributed by atoms with E-state index < -0.39 is 0 Å². The third-order valence-corrected chi connectivity index (χ3v) is 8.03. The first-order valence-electron chi connectivity index (χ1n) is 13.9. The minimum absolute atomic E-state index is 0.101. The van der Waals surface area contributed by atoms with Crippen molar-refractivity contribution >= 4 is 0 Å². The summed E-state index contributed by atoms with van der Waals surface area (Å²) in [6.07, 6.45) is 20.9. The molecule has 184 valence electrons. The number of aromatic nitrogens is 2. The number of hydrogen-bond acceptors (Lipinski definition) is 3. The molecule has 0 unspecified atom stereocenters. The average molecular weight is 460 g/mol. The third-order valence-electron chi connectivity index (χ3n) is 8.03. The lowest BCUT2D eigenvalue weighted by Gasteiger charge is -2.36. The Morgan fingerprint density at radius 3 is 2.15 bits per heavy atom. The Labute approximate surface area is 208 Å². The number of nitriles is 1. The summed E-state index contributed by atoms with van der Waals surface area (Å²) in [5.41, 5.74) is 3.63. The zero-order chi connectivity index (χ0) is 24.2. The summed E-state index contributed by atoms with van der Waals surface area (Å²) in [5.74, 6) is 2.02. The lowest BCUT2D eigenvalue weighted by molar-refractivity contribution is 0.198. The predicted octanol–water partition coefficient (Wildman–Crippen LogP) is 9.04. The molecule has 0 amide bonds. The van der Waals surface area contributed by atoms with Crippen LogP contribution in [0, 0.1) is 22.7 Å². The molecule has 0 bridgehead atoms. The van der Waals surface area contributed by atoms with Crippen molar-refractivity contribution in [3.05, 3.63) is 47.8 Å². The largest absolute Gasteiger partial charge is 0.236 e. The van der Waals surface area contributed by atoms with E-state index in [-0.39, 0.29) is 5.41 Å². The van der Waals surface area contributed by atoms with Crippen molar-refractivity contribution in [2.45, 2.75) is 117 Å². The lowest BCUT2D eigenvalue weighted by Crippen LogP contribution is -2.27. The fraction of sp³-hybridized carbons (Fsp3) is 0.645. The molecule has 1 aliphatic rings. The highest BCUT2D eigenvalue weighted by Gasteiger charge is 2.36. The summed E-state index contributed by atoms with van der Waals surface area (Å²) in [5, 5.41) is 9.86. The second-order valence-corrected chi connectivity index (χ2v) is 10.8. The number of rotatable bonds is 13. The molecule has 1 aliphatic carbocycles. The van der Waals surface area contributed by atoms with Crippen LogP contribution in [0.1, 0.15) is 121 Å². The molecule has 1 aromatic heterocycles. The monoisotopic (exact) mass is 459 g/mol. The maximum Gasteiger partial charge on any atom is 0.159 e. The van der Waals surface area contributed by atoms with Crippen molar-refractivity contribution in [3.8, 4) is 17.5 Å². The van der Waals surface area contributed by atoms with Gasteiger partial charge in [0.25, 0.3) is 0 Å². The highest BCUT2D eigenvalue weighted by atomic mass is 14.9. The van der Waals surface area contributed by atoms with E-state index in [0.29, 0.717) is 11.8 Å². The van der Waals surface area contributed by atoms with E-state index in [9.17, 15) is 5.26 Å². The third kappa shape index (κ3) is 7.66. The Morgan fingerprint density at radius 1 is 0.941 bits per heavy atom. The van der Waals surface area contributed by atoms with Gasteiger partial charge in [-0.05, 0) is 67.9 Å². The van der Waals surface area contributed by atoms with Gasteiger partial charge in [0, 0.05) is 18.0 Å². The Morgan fingerprint density at radius 2 is 1.56 bits per heavy atom. The average Bonchev–Trinajstić information content (AvgIpc) is 2.89. The number of nitrogens with zero attached hydrogens (tertiary/aromatic N) is 3. The number of benzene rings is 1. The lowest BCUT2D eigenvalue weighted by atomic mass is 9.66. The van der Waals surface area contributed by atoms with Crippen LogP contribution in [-0.4, -0.2) is 9.97 Å². The van der Waals surface area contributed by atoms with Gasteiger partial charge in [-0.2, -0.15) is 5.26 Å². The fourth-order valence-electron chi connectivity index (χ4n) is 5.50. The number of aryl methyl sites for hydroxylation is 1. The van der Waals surface area contributed by atoms with E-state index in [0.717, 1.165) is 56.3 Å². The van der Waals surface area contributed by atoms with Crippen molar-refractivity contribution in [2.24, 2.45) is 11.3 Å². The Balaban J connectivity index is 1.48. The summed E-state index contributed by atoms with van der Waals surface area (Å²) in [6, 6.07) is 11.6. The first kappa shape index (κ1) is 26.4. The second kappa shape index (κ2) is 13.6. The number of unbranched alkanes of at least 4 members (excludes halogenated alkanes) is 6. The van der Waals surface area contributed by atoms with Crippen LogP contribution < -0.4 is 0 Å². The summed E-state index contributed by atoms with van der Waals surface area (Å²) in [4.78, 5) is 9.30. The van der Waals surface area contributed by atoms with Gasteiger partial charge >= 0.3 is 0 Å². The molecule has 0 saturated heterocycles. The van der Waals surface area contributed by atoms with Crippen molar-refractivity contribution in [3.63, 3.8) is 0 Å². The van der Waals surface area contributed by atoms with Gasteiger partial charge in [-0.15, -0.1) is 0 Å². The molecule has 0 aliphatic heterocycles. The quantitative estimate of drug-likeness (QED) is 0.281. The van der Waals surface area contributed by atoms with E-state index in [4.69, 9.17) is 0 Å². The molecule has 1 heterocycles. The molecule has 1 fully saturated rings. The van der Waals surface area contributed by atoms with Gasteiger partial charge in [0.15, 0.2) is 5.82 Å². The minimum Gasteiger partial charge on any atom is -0.236 e.